The summed E-state index contributed by atoms with van der Waals surface area (Å²) in [6, 6.07) is 18.8. The molecule has 5 rings (SSSR count). The fraction of sp³-hybridized carbons (Fsp3) is 0.318. The maximum Gasteiger partial charge on any atom is 0.227 e. The minimum Gasteiger partial charge on any atom is -0.338 e. The lowest BCUT2D eigenvalue weighted by molar-refractivity contribution is -0.136. The van der Waals surface area contributed by atoms with Crippen molar-refractivity contribution in [1.29, 1.82) is 0 Å². The van der Waals surface area contributed by atoms with E-state index in [0.29, 0.717) is 12.3 Å². The predicted octanol–water partition coefficient (Wildman–Crippen LogP) is 3.45. The third-order valence-corrected chi connectivity index (χ3v) is 5.53. The Morgan fingerprint density at radius 3 is 2.37 bits per heavy atom. The van der Waals surface area contributed by atoms with E-state index in [1.54, 1.807) is 0 Å². The van der Waals surface area contributed by atoms with E-state index >= 15 is 0 Å². The molecule has 2 aliphatic rings. The summed E-state index contributed by atoms with van der Waals surface area (Å²) in [6.45, 7) is 1.46. The minimum absolute atomic E-state index is 0.182. The van der Waals surface area contributed by atoms with Gasteiger partial charge in [-0.3, -0.25) is 4.79 Å². The molecule has 2 heterocycles. The van der Waals surface area contributed by atoms with Crippen LogP contribution >= 0.6 is 0 Å². The maximum atomic E-state index is 12.5. The number of carbonyl (C=O) groups is 1. The van der Waals surface area contributed by atoms with Crippen molar-refractivity contribution in [2.75, 3.05) is 13.1 Å². The van der Waals surface area contributed by atoms with E-state index < -0.39 is 0 Å². The van der Waals surface area contributed by atoms with Crippen LogP contribution in [-0.4, -0.2) is 38.9 Å². The van der Waals surface area contributed by atoms with Crippen LogP contribution in [0.5, 0.6) is 0 Å². The van der Waals surface area contributed by atoms with Crippen LogP contribution < -0.4 is 0 Å². The third kappa shape index (κ3) is 3.37. The van der Waals surface area contributed by atoms with Crippen LogP contribution in [0.1, 0.15) is 36.1 Å². The first kappa shape index (κ1) is 16.2. The zero-order valence-corrected chi connectivity index (χ0v) is 15.2. The van der Waals surface area contributed by atoms with Crippen molar-refractivity contribution in [2.24, 2.45) is 0 Å². The highest BCUT2D eigenvalue weighted by atomic mass is 16.2. The van der Waals surface area contributed by atoms with Crippen LogP contribution in [0.25, 0.3) is 11.1 Å². The van der Waals surface area contributed by atoms with Gasteiger partial charge >= 0.3 is 0 Å². The molecule has 0 atom stereocenters. The zero-order chi connectivity index (χ0) is 18.2. The van der Waals surface area contributed by atoms with Gasteiger partial charge in [0.2, 0.25) is 5.91 Å². The lowest BCUT2D eigenvalue weighted by Crippen LogP contribution is -2.51. The van der Waals surface area contributed by atoms with E-state index in [4.69, 9.17) is 0 Å². The number of likely N-dealkylation sites (tertiary alicyclic amines) is 1. The Balaban J connectivity index is 1.16. The second kappa shape index (κ2) is 6.65. The first-order valence-corrected chi connectivity index (χ1v) is 9.60. The zero-order valence-electron chi connectivity index (χ0n) is 15.2. The van der Waals surface area contributed by atoms with Crippen LogP contribution in [0.15, 0.2) is 60.8 Å². The Kier molecular flexibility index (Phi) is 4.00. The van der Waals surface area contributed by atoms with Crippen molar-refractivity contribution in [2.45, 2.75) is 31.2 Å². The number of rotatable bonds is 5. The molecule has 5 nitrogen and oxygen atoms in total. The van der Waals surface area contributed by atoms with E-state index in [2.05, 4.69) is 52.9 Å². The molecule has 1 amide bonds. The quantitative estimate of drug-likeness (QED) is 0.702. The highest BCUT2D eigenvalue weighted by molar-refractivity contribution is 5.80. The van der Waals surface area contributed by atoms with Crippen LogP contribution in [0.2, 0.25) is 0 Å². The van der Waals surface area contributed by atoms with E-state index in [0.717, 1.165) is 24.3 Å². The second-order valence-electron chi connectivity index (χ2n) is 7.59. The minimum atomic E-state index is 0.182. The molecule has 136 valence electrons. The smallest absolute Gasteiger partial charge is 0.227 e. The maximum absolute atomic E-state index is 12.5. The molecule has 5 heteroatoms. The molecule has 0 N–H and O–H groups in total. The summed E-state index contributed by atoms with van der Waals surface area (Å²) in [5.74, 6) is 0.802. The second-order valence-corrected chi connectivity index (χ2v) is 7.59. The van der Waals surface area contributed by atoms with Gasteiger partial charge in [-0.25, -0.2) is 4.68 Å². The van der Waals surface area contributed by atoms with Crippen molar-refractivity contribution in [3.05, 3.63) is 72.1 Å². The van der Waals surface area contributed by atoms with Gasteiger partial charge in [0.1, 0.15) is 0 Å². The molecule has 3 aromatic rings. The summed E-state index contributed by atoms with van der Waals surface area (Å²) in [5.41, 5.74) is 4.53. The molecule has 0 bridgehead atoms. The molecular weight excluding hydrogens is 336 g/mol. The van der Waals surface area contributed by atoms with Gasteiger partial charge in [0.25, 0.3) is 0 Å². The van der Waals surface area contributed by atoms with Gasteiger partial charge in [-0.2, -0.15) is 0 Å². The standard InChI is InChI=1S/C22H22N4O/c27-22(12-16-6-8-18(9-7-16)17-4-2-1-3-5-17)25-13-20(14-25)26-15-21(23-24-26)19-10-11-19/h1-9,15,19-20H,10-14H2. The molecule has 0 unspecified atom stereocenters. The summed E-state index contributed by atoms with van der Waals surface area (Å²) in [5, 5.41) is 8.51. The first-order chi connectivity index (χ1) is 13.3. The Labute approximate surface area is 158 Å². The molecular formula is C22H22N4O. The van der Waals surface area contributed by atoms with Crippen molar-refractivity contribution in [3.63, 3.8) is 0 Å². The van der Waals surface area contributed by atoms with E-state index in [9.17, 15) is 4.79 Å². The van der Waals surface area contributed by atoms with E-state index in [1.165, 1.54) is 24.0 Å². The fourth-order valence-electron chi connectivity index (χ4n) is 3.59. The molecule has 1 aromatic heterocycles. The number of nitrogens with zero attached hydrogens (tertiary/aromatic N) is 4. The van der Waals surface area contributed by atoms with Crippen LogP contribution in [0.4, 0.5) is 0 Å². The van der Waals surface area contributed by atoms with Crippen LogP contribution in [-0.2, 0) is 11.2 Å². The Bertz CT molecular complexity index is 938. The molecule has 0 spiro atoms. The van der Waals surface area contributed by atoms with Gasteiger partial charge in [-0.1, -0.05) is 59.8 Å². The SMILES string of the molecule is O=C(Cc1ccc(-c2ccccc2)cc1)N1CC(n2cc(C3CC3)nn2)C1. The van der Waals surface area contributed by atoms with Gasteiger partial charge in [-0.05, 0) is 29.5 Å². The largest absolute Gasteiger partial charge is 0.338 e. The number of hydrogen-bond donors (Lipinski definition) is 0. The van der Waals surface area contributed by atoms with Crippen molar-refractivity contribution >= 4 is 5.91 Å². The van der Waals surface area contributed by atoms with Crippen LogP contribution in [0.3, 0.4) is 0 Å². The van der Waals surface area contributed by atoms with Gasteiger partial charge in [-0.15, -0.1) is 5.10 Å². The van der Waals surface area contributed by atoms with Gasteiger partial charge < -0.3 is 4.90 Å². The monoisotopic (exact) mass is 358 g/mol. The van der Waals surface area contributed by atoms with Gasteiger partial charge in [0.15, 0.2) is 0 Å². The summed E-state index contributed by atoms with van der Waals surface area (Å²) < 4.78 is 1.94. The first-order valence-electron chi connectivity index (χ1n) is 9.60. The molecule has 1 saturated heterocycles. The Hall–Kier alpha value is -2.95. The van der Waals surface area contributed by atoms with Crippen molar-refractivity contribution in [3.8, 4) is 11.1 Å². The van der Waals surface area contributed by atoms with Gasteiger partial charge in [0, 0.05) is 25.2 Å². The summed E-state index contributed by atoms with van der Waals surface area (Å²) in [7, 11) is 0. The van der Waals surface area contributed by atoms with E-state index in [1.807, 2.05) is 27.8 Å². The fourth-order valence-corrected chi connectivity index (χ4v) is 3.59. The van der Waals surface area contributed by atoms with Gasteiger partial charge in [0.05, 0.1) is 18.2 Å². The van der Waals surface area contributed by atoms with Crippen molar-refractivity contribution in [1.82, 2.24) is 19.9 Å². The summed E-state index contributed by atoms with van der Waals surface area (Å²) in [4.78, 5) is 14.4. The average Bonchev–Trinajstić information content (AvgIpc) is 3.40. The van der Waals surface area contributed by atoms with Crippen molar-refractivity contribution < 1.29 is 4.79 Å². The number of amides is 1. The van der Waals surface area contributed by atoms with E-state index in [-0.39, 0.29) is 11.9 Å². The summed E-state index contributed by atoms with van der Waals surface area (Å²) in [6.07, 6.45) is 4.98. The number of hydrogen-bond acceptors (Lipinski definition) is 3. The molecule has 1 aliphatic heterocycles. The molecule has 2 fully saturated rings. The molecule has 27 heavy (non-hydrogen) atoms. The lowest BCUT2D eigenvalue weighted by Gasteiger charge is -2.39. The normalized spacial score (nSPS) is 17.0. The summed E-state index contributed by atoms with van der Waals surface area (Å²) >= 11 is 0. The molecule has 1 aliphatic carbocycles. The highest BCUT2D eigenvalue weighted by Gasteiger charge is 2.34. The Morgan fingerprint density at radius 1 is 0.963 bits per heavy atom. The number of aromatic nitrogens is 3. The predicted molar refractivity (Wildman–Crippen MR) is 103 cm³/mol. The third-order valence-electron chi connectivity index (χ3n) is 5.53. The Morgan fingerprint density at radius 2 is 1.67 bits per heavy atom. The highest BCUT2D eigenvalue weighted by Crippen LogP contribution is 2.39. The van der Waals surface area contributed by atoms with Crippen LogP contribution in [0, 0.1) is 0 Å². The lowest BCUT2D eigenvalue weighted by atomic mass is 10.0. The molecule has 0 radical (unpaired) electrons. The molecule has 2 aromatic carbocycles. The number of carbonyl (C=O) groups excluding carboxylic acids is 1. The number of benzene rings is 2. The average molecular weight is 358 g/mol. The molecule has 1 saturated carbocycles. The topological polar surface area (TPSA) is 51.0 Å².